The molecule has 8 nitrogen and oxygen atoms in total. The summed E-state index contributed by atoms with van der Waals surface area (Å²) in [6.07, 6.45) is -9.00. The SMILES string of the molecule is NS(=O)(=O)c1nc(C(F)F)cc(OC(F)(F)F)c1[N+](=O)[O-]. The van der Waals surface area contributed by atoms with Crippen LogP contribution in [0, 0.1) is 10.1 Å². The molecular formula is C7H4F5N3O5S. The second-order valence-electron chi connectivity index (χ2n) is 3.35. The number of ether oxygens (including phenoxy) is 1. The highest BCUT2D eigenvalue weighted by atomic mass is 32.2. The number of aromatic nitrogens is 1. The summed E-state index contributed by atoms with van der Waals surface area (Å²) in [6.45, 7) is 0. The standard InChI is InChI=1S/C7H4F5N3O5S/c8-5(9)2-1-3(20-7(10,11)12)4(15(16)17)6(14-2)21(13,18)19/h1,5H,(H2,13,18,19). The molecule has 1 rings (SSSR count). The molecule has 1 aromatic rings. The number of halogens is 5. The van der Waals surface area contributed by atoms with Gasteiger partial charge >= 0.3 is 12.0 Å². The summed E-state index contributed by atoms with van der Waals surface area (Å²) in [5.41, 5.74) is -3.27. The predicted octanol–water partition coefficient (Wildman–Crippen LogP) is 1.47. The monoisotopic (exact) mass is 337 g/mol. The van der Waals surface area contributed by atoms with Gasteiger partial charge in [0, 0.05) is 6.07 Å². The molecule has 0 bridgehead atoms. The highest BCUT2D eigenvalue weighted by Crippen LogP contribution is 2.38. The van der Waals surface area contributed by atoms with Gasteiger partial charge in [-0.15, -0.1) is 13.2 Å². The Kier molecular flexibility index (Phi) is 4.33. The number of pyridine rings is 1. The van der Waals surface area contributed by atoms with Crippen LogP contribution in [0.2, 0.25) is 0 Å². The van der Waals surface area contributed by atoms with Crippen LogP contribution in [0.4, 0.5) is 27.6 Å². The van der Waals surface area contributed by atoms with Crippen molar-refractivity contribution in [3.63, 3.8) is 0 Å². The topological polar surface area (TPSA) is 125 Å². The summed E-state index contributed by atoms with van der Waals surface area (Å²) < 4.78 is 86.6. The van der Waals surface area contributed by atoms with Gasteiger partial charge in [0.2, 0.25) is 5.75 Å². The van der Waals surface area contributed by atoms with E-state index >= 15 is 0 Å². The minimum atomic E-state index is -5.48. The van der Waals surface area contributed by atoms with Crippen molar-refractivity contribution in [2.75, 3.05) is 0 Å². The van der Waals surface area contributed by atoms with Crippen LogP contribution < -0.4 is 9.88 Å². The van der Waals surface area contributed by atoms with E-state index in [2.05, 4.69) is 14.9 Å². The molecule has 14 heteroatoms. The van der Waals surface area contributed by atoms with Crippen molar-refractivity contribution < 1.29 is 40.0 Å². The van der Waals surface area contributed by atoms with Gasteiger partial charge in [0.1, 0.15) is 5.69 Å². The number of hydrogen-bond donors (Lipinski definition) is 1. The molecule has 0 radical (unpaired) electrons. The lowest BCUT2D eigenvalue weighted by atomic mass is 10.3. The zero-order chi connectivity index (χ0) is 16.6. The van der Waals surface area contributed by atoms with Crippen LogP contribution in [-0.4, -0.2) is 24.7 Å². The van der Waals surface area contributed by atoms with Crippen LogP contribution in [-0.2, 0) is 10.0 Å². The summed E-state index contributed by atoms with van der Waals surface area (Å²) in [5.74, 6) is -1.76. The lowest BCUT2D eigenvalue weighted by molar-refractivity contribution is -0.392. The molecule has 0 aliphatic carbocycles. The van der Waals surface area contributed by atoms with E-state index in [0.29, 0.717) is 0 Å². The molecule has 0 amide bonds. The smallest absolute Gasteiger partial charge is 0.398 e. The fourth-order valence-electron chi connectivity index (χ4n) is 1.19. The molecule has 0 aliphatic heterocycles. The van der Waals surface area contributed by atoms with E-state index in [1.165, 1.54) is 0 Å². The molecule has 0 aromatic carbocycles. The van der Waals surface area contributed by atoms with Crippen molar-refractivity contribution in [2.24, 2.45) is 5.14 Å². The maximum Gasteiger partial charge on any atom is 0.573 e. The third-order valence-corrected chi connectivity index (χ3v) is 2.67. The minimum Gasteiger partial charge on any atom is -0.398 e. The molecular weight excluding hydrogens is 333 g/mol. The molecule has 0 atom stereocenters. The van der Waals surface area contributed by atoms with Gasteiger partial charge in [-0.3, -0.25) is 10.1 Å². The largest absolute Gasteiger partial charge is 0.573 e. The Hall–Kier alpha value is -2.09. The number of nitrogens with zero attached hydrogens (tertiary/aromatic N) is 2. The lowest BCUT2D eigenvalue weighted by Crippen LogP contribution is -2.21. The molecule has 0 spiro atoms. The molecule has 0 aliphatic rings. The van der Waals surface area contributed by atoms with Gasteiger partial charge in [-0.2, -0.15) is 0 Å². The van der Waals surface area contributed by atoms with Gasteiger partial charge < -0.3 is 4.74 Å². The highest BCUT2D eigenvalue weighted by molar-refractivity contribution is 7.89. The van der Waals surface area contributed by atoms with E-state index in [1.54, 1.807) is 0 Å². The lowest BCUT2D eigenvalue weighted by Gasteiger charge is -2.12. The van der Waals surface area contributed by atoms with Crippen molar-refractivity contribution in [3.8, 4) is 5.75 Å². The van der Waals surface area contributed by atoms with Crippen molar-refractivity contribution in [1.29, 1.82) is 0 Å². The number of primary sulfonamides is 1. The first-order valence-electron chi connectivity index (χ1n) is 4.59. The third-order valence-electron chi connectivity index (χ3n) is 1.85. The minimum absolute atomic E-state index is 0.0923. The summed E-state index contributed by atoms with van der Waals surface area (Å²) in [5, 5.41) is 13.4. The molecule has 118 valence electrons. The van der Waals surface area contributed by atoms with Crippen molar-refractivity contribution in [3.05, 3.63) is 21.9 Å². The van der Waals surface area contributed by atoms with E-state index in [-0.39, 0.29) is 6.07 Å². The van der Waals surface area contributed by atoms with E-state index < -0.39 is 49.9 Å². The van der Waals surface area contributed by atoms with Crippen LogP contribution in [0.25, 0.3) is 0 Å². The first-order valence-corrected chi connectivity index (χ1v) is 6.13. The Bertz CT molecular complexity index is 674. The Labute approximate surface area is 112 Å². The van der Waals surface area contributed by atoms with Crippen molar-refractivity contribution in [1.82, 2.24) is 4.98 Å². The Balaban J connectivity index is 3.74. The third kappa shape index (κ3) is 4.19. The van der Waals surface area contributed by atoms with E-state index in [4.69, 9.17) is 0 Å². The number of alkyl halides is 5. The molecule has 2 N–H and O–H groups in total. The van der Waals surface area contributed by atoms with Crippen LogP contribution in [0.1, 0.15) is 12.1 Å². The second-order valence-corrected chi connectivity index (χ2v) is 4.83. The summed E-state index contributed by atoms with van der Waals surface area (Å²) in [6, 6.07) is -0.0923. The predicted molar refractivity (Wildman–Crippen MR) is 53.9 cm³/mol. The van der Waals surface area contributed by atoms with Gasteiger partial charge in [-0.25, -0.2) is 27.3 Å². The molecule has 0 unspecified atom stereocenters. The zero-order valence-corrected chi connectivity index (χ0v) is 10.3. The second kappa shape index (κ2) is 5.36. The maximum atomic E-state index is 12.5. The Morgan fingerprint density at radius 3 is 2.24 bits per heavy atom. The molecule has 1 heterocycles. The van der Waals surface area contributed by atoms with E-state index in [1.807, 2.05) is 0 Å². The van der Waals surface area contributed by atoms with E-state index in [0.717, 1.165) is 0 Å². The van der Waals surface area contributed by atoms with Crippen LogP contribution in [0.15, 0.2) is 11.1 Å². The quantitative estimate of drug-likeness (QED) is 0.504. The number of nitro groups is 1. The molecule has 0 fully saturated rings. The average molecular weight is 337 g/mol. The number of sulfonamides is 1. The van der Waals surface area contributed by atoms with Gasteiger partial charge in [0.15, 0.2) is 0 Å². The van der Waals surface area contributed by atoms with Crippen LogP contribution >= 0.6 is 0 Å². The van der Waals surface area contributed by atoms with Gasteiger partial charge in [0.25, 0.3) is 21.5 Å². The van der Waals surface area contributed by atoms with Crippen molar-refractivity contribution in [2.45, 2.75) is 17.8 Å². The molecule has 21 heavy (non-hydrogen) atoms. The number of hydrogen-bond acceptors (Lipinski definition) is 6. The fraction of sp³-hybridized carbons (Fsp3) is 0.286. The number of rotatable bonds is 4. The molecule has 1 aromatic heterocycles. The first kappa shape index (κ1) is 17.0. The van der Waals surface area contributed by atoms with Gasteiger partial charge in [-0.05, 0) is 0 Å². The summed E-state index contributed by atoms with van der Waals surface area (Å²) in [7, 11) is -5.05. The van der Waals surface area contributed by atoms with Crippen LogP contribution in [0.5, 0.6) is 5.75 Å². The van der Waals surface area contributed by atoms with Gasteiger partial charge in [-0.1, -0.05) is 0 Å². The average Bonchev–Trinajstić information content (AvgIpc) is 2.23. The summed E-state index contributed by atoms with van der Waals surface area (Å²) in [4.78, 5) is 11.8. The first-order chi connectivity index (χ1) is 9.33. The highest BCUT2D eigenvalue weighted by Gasteiger charge is 2.39. The van der Waals surface area contributed by atoms with Gasteiger partial charge in [0.05, 0.1) is 4.92 Å². The zero-order valence-electron chi connectivity index (χ0n) is 9.47. The Morgan fingerprint density at radius 1 is 1.38 bits per heavy atom. The fourth-order valence-corrected chi connectivity index (χ4v) is 1.87. The Morgan fingerprint density at radius 2 is 1.90 bits per heavy atom. The summed E-state index contributed by atoms with van der Waals surface area (Å²) >= 11 is 0. The molecule has 0 saturated carbocycles. The van der Waals surface area contributed by atoms with Crippen molar-refractivity contribution >= 4 is 15.7 Å². The normalized spacial score (nSPS) is 12.5. The number of nitrogens with two attached hydrogens (primary N) is 1. The van der Waals surface area contributed by atoms with Crippen LogP contribution in [0.3, 0.4) is 0 Å². The molecule has 0 saturated heterocycles. The maximum absolute atomic E-state index is 12.5. The van der Waals surface area contributed by atoms with E-state index in [9.17, 15) is 40.5 Å².